The van der Waals surface area contributed by atoms with E-state index in [1.807, 2.05) is 49.4 Å². The minimum absolute atomic E-state index is 0.154. The number of carbonyl (C=O) groups is 1. The monoisotopic (exact) mass is 482 g/mol. The second-order valence-corrected chi connectivity index (χ2v) is 8.54. The lowest BCUT2D eigenvalue weighted by Crippen LogP contribution is -2.01. The molecule has 0 radical (unpaired) electrons. The normalized spacial score (nSPS) is 11.8. The molecule has 0 aliphatic rings. The number of hydrogen-bond acceptors (Lipinski definition) is 4. The number of nitrogens with one attached hydrogen (secondary N) is 1. The molecule has 0 saturated carbocycles. The predicted octanol–water partition coefficient (Wildman–Crippen LogP) is 7.30. The van der Waals surface area contributed by atoms with E-state index in [-0.39, 0.29) is 6.42 Å². The van der Waals surface area contributed by atoms with Crippen molar-refractivity contribution in [2.45, 2.75) is 39.5 Å². The number of allylic oxidation sites excluding steroid dienone is 2. The van der Waals surface area contributed by atoms with Crippen molar-refractivity contribution in [3.05, 3.63) is 101 Å². The Labute approximate surface area is 213 Å². The zero-order valence-electron chi connectivity index (χ0n) is 21.0. The molecule has 0 heterocycles. The quantitative estimate of drug-likeness (QED) is 0.109. The van der Waals surface area contributed by atoms with E-state index in [9.17, 15) is 4.79 Å². The molecule has 0 saturated heterocycles. The van der Waals surface area contributed by atoms with Crippen LogP contribution in [0, 0.1) is 5.41 Å². The number of aliphatic carboxylic acids is 1. The number of rotatable bonds is 12. The van der Waals surface area contributed by atoms with Crippen LogP contribution in [0.15, 0.2) is 72.8 Å². The topological polar surface area (TPSA) is 96.4 Å². The molecule has 5 heteroatoms. The largest absolute Gasteiger partial charge is 0.494 e. The van der Waals surface area contributed by atoms with Gasteiger partial charge in [0.15, 0.2) is 0 Å². The van der Waals surface area contributed by atoms with Gasteiger partial charge in [0.05, 0.1) is 6.61 Å². The maximum Gasteiger partial charge on any atom is 0.303 e. The maximum atomic E-state index is 10.7. The van der Waals surface area contributed by atoms with Crippen LogP contribution in [0.3, 0.4) is 0 Å². The van der Waals surface area contributed by atoms with E-state index in [2.05, 4.69) is 43.3 Å². The lowest BCUT2D eigenvalue weighted by Gasteiger charge is -2.18. The number of anilines is 1. The highest BCUT2D eigenvalue weighted by Gasteiger charge is 2.15. The first-order valence-corrected chi connectivity index (χ1v) is 12.3. The Balaban J connectivity index is 2.05. The summed E-state index contributed by atoms with van der Waals surface area (Å²) in [5.41, 5.74) is 13.9. The fourth-order valence-corrected chi connectivity index (χ4v) is 4.19. The van der Waals surface area contributed by atoms with Crippen LogP contribution >= 0.6 is 0 Å². The Bertz CT molecular complexity index is 1260. The first-order chi connectivity index (χ1) is 17.5. The zero-order valence-corrected chi connectivity index (χ0v) is 21.0. The van der Waals surface area contributed by atoms with E-state index in [0.717, 1.165) is 45.6 Å². The Morgan fingerprint density at radius 1 is 1.00 bits per heavy atom. The van der Waals surface area contributed by atoms with Crippen molar-refractivity contribution in [3.63, 3.8) is 0 Å². The third kappa shape index (κ3) is 6.95. The Hall–Kier alpha value is -4.12. The highest BCUT2D eigenvalue weighted by molar-refractivity contribution is 6.00. The Morgan fingerprint density at radius 2 is 1.75 bits per heavy atom. The van der Waals surface area contributed by atoms with Crippen molar-refractivity contribution in [1.29, 1.82) is 5.41 Å². The van der Waals surface area contributed by atoms with Gasteiger partial charge in [0, 0.05) is 23.9 Å². The molecule has 0 spiro atoms. The third-order valence-corrected chi connectivity index (χ3v) is 5.98. The molecule has 0 aromatic heterocycles. The minimum Gasteiger partial charge on any atom is -0.494 e. The number of unbranched alkanes of at least 4 members (excludes halogenated alkanes) is 1. The number of benzene rings is 3. The minimum atomic E-state index is -0.783. The highest BCUT2D eigenvalue weighted by Crippen LogP contribution is 2.36. The number of ether oxygens (including phenoxy) is 1. The van der Waals surface area contributed by atoms with Crippen LogP contribution in [0.2, 0.25) is 0 Å². The van der Waals surface area contributed by atoms with Crippen molar-refractivity contribution in [3.8, 4) is 5.75 Å². The summed E-state index contributed by atoms with van der Waals surface area (Å²) >= 11 is 0. The lowest BCUT2D eigenvalue weighted by atomic mass is 9.87. The van der Waals surface area contributed by atoms with Gasteiger partial charge in [0.1, 0.15) is 5.75 Å². The lowest BCUT2D eigenvalue weighted by molar-refractivity contribution is -0.137. The van der Waals surface area contributed by atoms with Gasteiger partial charge in [-0.15, -0.1) is 0 Å². The number of nitrogen functional groups attached to an aromatic ring is 1. The Morgan fingerprint density at radius 3 is 2.42 bits per heavy atom. The predicted molar refractivity (Wildman–Crippen MR) is 150 cm³/mol. The number of carboxylic acids is 1. The van der Waals surface area contributed by atoms with E-state index in [0.29, 0.717) is 30.7 Å². The molecule has 0 unspecified atom stereocenters. The van der Waals surface area contributed by atoms with Crippen LogP contribution in [0.5, 0.6) is 5.75 Å². The van der Waals surface area contributed by atoms with Crippen molar-refractivity contribution < 1.29 is 14.6 Å². The maximum absolute atomic E-state index is 10.7. The molecule has 3 aromatic rings. The third-order valence-electron chi connectivity index (χ3n) is 5.98. The summed E-state index contributed by atoms with van der Waals surface area (Å²) in [5, 5.41) is 16.6. The van der Waals surface area contributed by atoms with Crippen LogP contribution in [-0.2, 0) is 4.79 Å². The summed E-state index contributed by atoms with van der Waals surface area (Å²) in [7, 11) is 0. The molecule has 0 fully saturated rings. The fraction of sp³-hybridized carbons (Fsp3) is 0.226. The SMILES string of the molecule is C/C=C/c1ccc(/C(=C(/CC)c2cccc(OCCCCC(=O)O)c2)c2ccc(N)c(C=N)c2)cc1. The van der Waals surface area contributed by atoms with Gasteiger partial charge in [0.2, 0.25) is 0 Å². The molecule has 0 aliphatic carbocycles. The molecule has 0 bridgehead atoms. The first-order valence-electron chi connectivity index (χ1n) is 12.3. The van der Waals surface area contributed by atoms with E-state index in [1.165, 1.54) is 6.21 Å². The Kier molecular flexibility index (Phi) is 9.64. The molecule has 5 nitrogen and oxygen atoms in total. The van der Waals surface area contributed by atoms with Crippen molar-refractivity contribution in [1.82, 2.24) is 0 Å². The van der Waals surface area contributed by atoms with Crippen molar-refractivity contribution in [2.75, 3.05) is 12.3 Å². The zero-order chi connectivity index (χ0) is 25.9. The molecule has 0 atom stereocenters. The van der Waals surface area contributed by atoms with E-state index < -0.39 is 5.97 Å². The smallest absolute Gasteiger partial charge is 0.303 e. The van der Waals surface area contributed by atoms with Crippen LogP contribution < -0.4 is 10.5 Å². The summed E-state index contributed by atoms with van der Waals surface area (Å²) in [6, 6.07) is 22.3. The second-order valence-electron chi connectivity index (χ2n) is 8.54. The summed E-state index contributed by atoms with van der Waals surface area (Å²) < 4.78 is 5.94. The molecule has 0 aliphatic heterocycles. The summed E-state index contributed by atoms with van der Waals surface area (Å²) in [4.78, 5) is 10.7. The van der Waals surface area contributed by atoms with Crippen LogP contribution in [-0.4, -0.2) is 23.9 Å². The highest BCUT2D eigenvalue weighted by atomic mass is 16.5. The van der Waals surface area contributed by atoms with Gasteiger partial charge in [-0.25, -0.2) is 0 Å². The summed E-state index contributed by atoms with van der Waals surface area (Å²) in [5.74, 6) is -0.0242. The van der Waals surface area contributed by atoms with Crippen LogP contribution in [0.4, 0.5) is 5.69 Å². The van der Waals surface area contributed by atoms with E-state index in [4.69, 9.17) is 21.0 Å². The summed E-state index contributed by atoms with van der Waals surface area (Å²) in [6.07, 6.45) is 7.61. The fourth-order valence-electron chi connectivity index (χ4n) is 4.19. The van der Waals surface area contributed by atoms with Crippen LogP contribution in [0.25, 0.3) is 17.2 Å². The first kappa shape index (κ1) is 26.5. The molecular formula is C31H34N2O3. The average Bonchev–Trinajstić information content (AvgIpc) is 2.88. The van der Waals surface area contributed by atoms with Gasteiger partial charge < -0.3 is 21.0 Å². The summed E-state index contributed by atoms with van der Waals surface area (Å²) in [6.45, 7) is 4.61. The molecule has 3 aromatic carbocycles. The van der Waals surface area contributed by atoms with E-state index in [1.54, 1.807) is 0 Å². The number of nitrogens with two attached hydrogens (primary N) is 1. The van der Waals surface area contributed by atoms with Gasteiger partial charge in [0.25, 0.3) is 0 Å². The van der Waals surface area contributed by atoms with Gasteiger partial charge in [-0.3, -0.25) is 4.79 Å². The second kappa shape index (κ2) is 13.1. The standard InChI is InChI=1S/C31H34N2O3/c1-3-8-22-12-14-23(15-13-22)31(25-16-17-29(33)26(19-25)21-32)28(4-2)24-9-7-10-27(20-24)36-18-6-5-11-30(34)35/h3,7-10,12-17,19-21,32H,4-6,11,18,33H2,1-2H3,(H,34,35)/b8-3+,31-28+,32-21?. The van der Waals surface area contributed by atoms with Crippen LogP contribution in [0.1, 0.15) is 67.3 Å². The molecular weight excluding hydrogens is 448 g/mol. The van der Waals surface area contributed by atoms with Gasteiger partial charge in [-0.1, -0.05) is 61.5 Å². The number of carboxylic acid groups (broad SMARTS) is 1. The van der Waals surface area contributed by atoms with Crippen molar-refractivity contribution in [2.24, 2.45) is 0 Å². The molecule has 4 N–H and O–H groups in total. The molecule has 0 amide bonds. The average molecular weight is 483 g/mol. The number of hydrogen-bond donors (Lipinski definition) is 3. The molecule has 36 heavy (non-hydrogen) atoms. The van der Waals surface area contributed by atoms with E-state index >= 15 is 0 Å². The molecule has 186 valence electrons. The van der Waals surface area contributed by atoms with Gasteiger partial charge in [-0.2, -0.15) is 0 Å². The molecule has 3 rings (SSSR count). The van der Waals surface area contributed by atoms with Gasteiger partial charge in [-0.05, 0) is 83.9 Å². The van der Waals surface area contributed by atoms with Crippen molar-refractivity contribution >= 4 is 35.1 Å². The van der Waals surface area contributed by atoms with Gasteiger partial charge >= 0.3 is 5.97 Å².